The molecule has 0 aliphatic carbocycles. The van der Waals surface area contributed by atoms with Gasteiger partial charge in [0, 0.05) is 16.6 Å². The largest absolute Gasteiger partial charge is 0.398 e. The minimum absolute atomic E-state index is 0.781. The van der Waals surface area contributed by atoms with E-state index in [1.165, 1.54) is 11.5 Å². The van der Waals surface area contributed by atoms with Gasteiger partial charge in [0.1, 0.15) is 0 Å². The Labute approximate surface area is 74.8 Å². The molecule has 0 atom stereocenters. The van der Waals surface area contributed by atoms with Gasteiger partial charge in [-0.3, -0.25) is 0 Å². The van der Waals surface area contributed by atoms with Crippen LogP contribution in [0.5, 0.6) is 0 Å². The molecule has 12 heavy (non-hydrogen) atoms. The van der Waals surface area contributed by atoms with Crippen LogP contribution in [-0.2, 0) is 0 Å². The molecule has 2 rings (SSSR count). The summed E-state index contributed by atoms with van der Waals surface area (Å²) in [6, 6.07) is 9.71. The fourth-order valence-electron chi connectivity index (χ4n) is 1.08. The van der Waals surface area contributed by atoms with Gasteiger partial charge in [0.2, 0.25) is 0 Å². The van der Waals surface area contributed by atoms with Crippen LogP contribution in [0, 0.1) is 0 Å². The third-order valence-corrected chi connectivity index (χ3v) is 2.23. The molecule has 0 spiro atoms. The molecule has 60 valence electrons. The quantitative estimate of drug-likeness (QED) is 0.677. The molecule has 0 unspecified atom stereocenters. The molecule has 0 fully saturated rings. The van der Waals surface area contributed by atoms with Gasteiger partial charge < -0.3 is 5.73 Å². The van der Waals surface area contributed by atoms with Crippen LogP contribution < -0.4 is 5.73 Å². The molecule has 1 aromatic carbocycles. The van der Waals surface area contributed by atoms with Gasteiger partial charge in [-0.1, -0.05) is 18.2 Å². The number of nitrogens with zero attached hydrogens (tertiary/aromatic N) is 1. The Morgan fingerprint density at radius 1 is 1.17 bits per heavy atom. The van der Waals surface area contributed by atoms with Crippen molar-refractivity contribution in [1.29, 1.82) is 0 Å². The molecule has 3 heteroatoms. The monoisotopic (exact) mass is 176 g/mol. The predicted molar refractivity (Wildman–Crippen MR) is 52.0 cm³/mol. The molecule has 0 bridgehead atoms. The zero-order valence-electron chi connectivity index (χ0n) is 6.40. The maximum Gasteiger partial charge on any atom is 0.0861 e. The van der Waals surface area contributed by atoms with Gasteiger partial charge in [0.05, 0.1) is 5.69 Å². The van der Waals surface area contributed by atoms with Crippen LogP contribution in [0.25, 0.3) is 11.3 Å². The van der Waals surface area contributed by atoms with Gasteiger partial charge in [-0.2, -0.15) is 4.37 Å². The molecule has 2 aromatic rings. The molecule has 2 N–H and O–H groups in total. The smallest absolute Gasteiger partial charge is 0.0861 e. The lowest BCUT2D eigenvalue weighted by atomic mass is 10.1. The minimum atomic E-state index is 0.781. The van der Waals surface area contributed by atoms with E-state index in [-0.39, 0.29) is 0 Å². The number of para-hydroxylation sites is 1. The number of hydrogen-bond donors (Lipinski definition) is 1. The van der Waals surface area contributed by atoms with Crippen molar-refractivity contribution in [2.24, 2.45) is 0 Å². The fourth-order valence-corrected chi connectivity index (χ4v) is 1.61. The molecule has 0 saturated heterocycles. The molecule has 0 radical (unpaired) electrons. The summed E-state index contributed by atoms with van der Waals surface area (Å²) in [5.74, 6) is 0. The highest BCUT2D eigenvalue weighted by Gasteiger charge is 2.01. The van der Waals surface area contributed by atoms with Crippen LogP contribution >= 0.6 is 11.5 Å². The van der Waals surface area contributed by atoms with Crippen molar-refractivity contribution < 1.29 is 0 Å². The number of benzene rings is 1. The standard InChI is InChI=1S/C9H8N2S/c10-8-4-2-1-3-7(8)9-5-6-12-11-9/h1-6H,10H2. The number of rotatable bonds is 1. The Morgan fingerprint density at radius 3 is 2.67 bits per heavy atom. The topological polar surface area (TPSA) is 38.9 Å². The van der Waals surface area contributed by atoms with Crippen molar-refractivity contribution in [3.63, 3.8) is 0 Å². The number of nitrogen functional groups attached to an aromatic ring is 1. The van der Waals surface area contributed by atoms with Gasteiger partial charge in [0.25, 0.3) is 0 Å². The summed E-state index contributed by atoms with van der Waals surface area (Å²) < 4.78 is 4.21. The highest BCUT2D eigenvalue weighted by atomic mass is 32.1. The highest BCUT2D eigenvalue weighted by Crippen LogP contribution is 2.24. The second kappa shape index (κ2) is 2.95. The molecule has 0 amide bonds. The van der Waals surface area contributed by atoms with Gasteiger partial charge in [0.15, 0.2) is 0 Å². The van der Waals surface area contributed by atoms with E-state index in [2.05, 4.69) is 4.37 Å². The Kier molecular flexibility index (Phi) is 1.80. The van der Waals surface area contributed by atoms with Crippen LogP contribution in [0.4, 0.5) is 5.69 Å². The average molecular weight is 176 g/mol. The van der Waals surface area contributed by atoms with E-state index < -0.39 is 0 Å². The summed E-state index contributed by atoms with van der Waals surface area (Å²) in [4.78, 5) is 0. The molecule has 0 aliphatic rings. The van der Waals surface area contributed by atoms with Gasteiger partial charge in [-0.15, -0.1) is 0 Å². The number of aromatic nitrogens is 1. The Hall–Kier alpha value is -1.35. The molecule has 0 aliphatic heterocycles. The molecular formula is C9H8N2S. The molecule has 1 heterocycles. The average Bonchev–Trinajstić information content (AvgIpc) is 2.57. The van der Waals surface area contributed by atoms with Gasteiger partial charge in [-0.25, -0.2) is 0 Å². The summed E-state index contributed by atoms with van der Waals surface area (Å²) >= 11 is 1.44. The lowest BCUT2D eigenvalue weighted by Crippen LogP contribution is -1.88. The van der Waals surface area contributed by atoms with Crippen molar-refractivity contribution in [2.75, 3.05) is 5.73 Å². The first kappa shape index (κ1) is 7.31. The summed E-state index contributed by atoms with van der Waals surface area (Å²) in [6.07, 6.45) is 0. The van der Waals surface area contributed by atoms with E-state index in [9.17, 15) is 0 Å². The number of hydrogen-bond acceptors (Lipinski definition) is 3. The summed E-state index contributed by atoms with van der Waals surface area (Å²) in [5.41, 5.74) is 8.53. The first-order valence-corrected chi connectivity index (χ1v) is 4.47. The third kappa shape index (κ3) is 1.19. The maximum absolute atomic E-state index is 5.78. The van der Waals surface area contributed by atoms with Crippen LogP contribution in [0.2, 0.25) is 0 Å². The molecule has 1 aromatic heterocycles. The predicted octanol–water partition coefficient (Wildman–Crippen LogP) is 2.39. The zero-order chi connectivity index (χ0) is 8.39. The summed E-state index contributed by atoms with van der Waals surface area (Å²) in [7, 11) is 0. The Balaban J connectivity index is 2.55. The SMILES string of the molecule is Nc1ccccc1-c1ccsn1. The second-order valence-corrected chi connectivity index (χ2v) is 3.14. The van der Waals surface area contributed by atoms with Crippen LogP contribution in [0.15, 0.2) is 35.7 Å². The van der Waals surface area contributed by atoms with Crippen LogP contribution in [-0.4, -0.2) is 4.37 Å². The zero-order valence-corrected chi connectivity index (χ0v) is 7.21. The lowest BCUT2D eigenvalue weighted by molar-refractivity contribution is 1.52. The molecule has 0 saturated carbocycles. The van der Waals surface area contributed by atoms with E-state index in [1.54, 1.807) is 0 Å². The van der Waals surface area contributed by atoms with Crippen molar-refractivity contribution in [3.05, 3.63) is 35.7 Å². The van der Waals surface area contributed by atoms with E-state index >= 15 is 0 Å². The third-order valence-electron chi connectivity index (χ3n) is 1.67. The van der Waals surface area contributed by atoms with E-state index in [0.29, 0.717) is 0 Å². The van der Waals surface area contributed by atoms with Crippen LogP contribution in [0.1, 0.15) is 0 Å². The minimum Gasteiger partial charge on any atom is -0.398 e. The van der Waals surface area contributed by atoms with Crippen LogP contribution in [0.3, 0.4) is 0 Å². The van der Waals surface area contributed by atoms with Crippen molar-refractivity contribution in [1.82, 2.24) is 4.37 Å². The Bertz CT molecular complexity index is 368. The van der Waals surface area contributed by atoms with E-state index in [1.807, 2.05) is 35.7 Å². The van der Waals surface area contributed by atoms with E-state index in [4.69, 9.17) is 5.73 Å². The molecule has 2 nitrogen and oxygen atoms in total. The first-order valence-electron chi connectivity index (χ1n) is 3.63. The van der Waals surface area contributed by atoms with Gasteiger partial charge >= 0.3 is 0 Å². The second-order valence-electron chi connectivity index (χ2n) is 2.47. The van der Waals surface area contributed by atoms with Crippen molar-refractivity contribution >= 4 is 17.2 Å². The highest BCUT2D eigenvalue weighted by molar-refractivity contribution is 7.03. The number of nitrogens with two attached hydrogens (primary N) is 1. The first-order chi connectivity index (χ1) is 5.88. The summed E-state index contributed by atoms with van der Waals surface area (Å²) in [6.45, 7) is 0. The van der Waals surface area contributed by atoms with E-state index in [0.717, 1.165) is 16.9 Å². The normalized spacial score (nSPS) is 10.0. The summed E-state index contributed by atoms with van der Waals surface area (Å²) in [5, 5.41) is 1.95. The fraction of sp³-hybridized carbons (Fsp3) is 0. The molecular weight excluding hydrogens is 168 g/mol. The maximum atomic E-state index is 5.78. The lowest BCUT2D eigenvalue weighted by Gasteiger charge is -1.99. The number of anilines is 1. The van der Waals surface area contributed by atoms with Gasteiger partial charge in [-0.05, 0) is 23.7 Å². The van der Waals surface area contributed by atoms with Crippen molar-refractivity contribution in [3.8, 4) is 11.3 Å². The Morgan fingerprint density at radius 2 is 2.00 bits per heavy atom. The van der Waals surface area contributed by atoms with Crippen molar-refractivity contribution in [2.45, 2.75) is 0 Å².